The minimum absolute atomic E-state index is 0.0467. The average molecular weight is 484 g/mol. The number of hydrogen-bond acceptors (Lipinski definition) is 5. The molecule has 1 atom stereocenters. The molecule has 32 heavy (non-hydrogen) atoms. The van der Waals surface area contributed by atoms with Crippen molar-refractivity contribution in [3.8, 4) is 0 Å². The van der Waals surface area contributed by atoms with E-state index in [2.05, 4.69) is 0 Å². The molecule has 3 aliphatic rings. The molecule has 178 valence electrons. The highest BCUT2D eigenvalue weighted by molar-refractivity contribution is 7.89. The topological polar surface area (TPSA) is 95.1 Å². The Hall–Kier alpha value is -1.49. The number of carbonyl (C=O) groups excluding carboxylic acids is 1. The summed E-state index contributed by atoms with van der Waals surface area (Å²) in [5.41, 5.74) is 1.53. The Labute approximate surface area is 191 Å². The molecule has 1 aromatic rings. The standard InChI is InChI=1S/C22H33N3O5S2/c1-2-16-31(27,28)25-14-7-4-8-21(25)22(26)24-15-11-18-17-19(9-10-20(18)24)32(29,30)23-12-5-3-6-13-23/h9-10,17,21H,2-8,11-16H2,1H3. The number of piperidine rings is 2. The maximum absolute atomic E-state index is 13.4. The molecule has 2 fully saturated rings. The van der Waals surface area contributed by atoms with Crippen LogP contribution in [0, 0.1) is 0 Å². The van der Waals surface area contributed by atoms with E-state index < -0.39 is 26.1 Å². The van der Waals surface area contributed by atoms with Crippen LogP contribution in [0.1, 0.15) is 57.4 Å². The van der Waals surface area contributed by atoms with Gasteiger partial charge in [0.05, 0.1) is 10.6 Å². The minimum Gasteiger partial charge on any atom is -0.310 e. The minimum atomic E-state index is -3.53. The van der Waals surface area contributed by atoms with Crippen molar-refractivity contribution in [3.63, 3.8) is 0 Å². The predicted octanol–water partition coefficient (Wildman–Crippen LogP) is 2.34. The van der Waals surface area contributed by atoms with Crippen LogP contribution < -0.4 is 4.90 Å². The van der Waals surface area contributed by atoms with Crippen LogP contribution in [-0.4, -0.2) is 69.3 Å². The summed E-state index contributed by atoms with van der Waals surface area (Å²) in [6.07, 6.45) is 6.01. The second-order valence-electron chi connectivity index (χ2n) is 8.93. The summed E-state index contributed by atoms with van der Waals surface area (Å²) in [5.74, 6) is -0.153. The molecule has 3 heterocycles. The average Bonchev–Trinajstić information content (AvgIpc) is 3.22. The maximum atomic E-state index is 13.4. The monoisotopic (exact) mass is 483 g/mol. The van der Waals surface area contributed by atoms with Crippen LogP contribution in [-0.2, 0) is 31.3 Å². The fraction of sp³-hybridized carbons (Fsp3) is 0.682. The van der Waals surface area contributed by atoms with Gasteiger partial charge in [0, 0.05) is 31.9 Å². The zero-order chi connectivity index (χ0) is 22.9. The molecule has 1 aromatic carbocycles. The molecule has 0 aliphatic carbocycles. The quantitative estimate of drug-likeness (QED) is 0.619. The van der Waals surface area contributed by atoms with E-state index in [0.29, 0.717) is 51.1 Å². The Morgan fingerprint density at radius 3 is 2.41 bits per heavy atom. The van der Waals surface area contributed by atoms with Gasteiger partial charge < -0.3 is 4.90 Å². The summed E-state index contributed by atoms with van der Waals surface area (Å²) >= 11 is 0. The first-order chi connectivity index (χ1) is 15.3. The Morgan fingerprint density at radius 2 is 1.69 bits per heavy atom. The number of fused-ring (bicyclic) bond motifs is 1. The zero-order valence-electron chi connectivity index (χ0n) is 18.7. The molecule has 0 saturated carbocycles. The van der Waals surface area contributed by atoms with Crippen molar-refractivity contribution >= 4 is 31.6 Å². The second-order valence-corrected chi connectivity index (χ2v) is 12.9. The first kappa shape index (κ1) is 23.7. The molecule has 0 spiro atoms. The van der Waals surface area contributed by atoms with E-state index in [-0.39, 0.29) is 16.6 Å². The first-order valence-corrected chi connectivity index (χ1v) is 14.7. The van der Waals surface area contributed by atoms with Gasteiger partial charge in [-0.15, -0.1) is 0 Å². The lowest BCUT2D eigenvalue weighted by atomic mass is 10.0. The van der Waals surface area contributed by atoms with E-state index >= 15 is 0 Å². The highest BCUT2D eigenvalue weighted by Crippen LogP contribution is 2.34. The molecule has 3 aliphatic heterocycles. The van der Waals surface area contributed by atoms with Crippen molar-refractivity contribution in [2.45, 2.75) is 69.2 Å². The fourth-order valence-corrected chi connectivity index (χ4v) is 8.37. The van der Waals surface area contributed by atoms with Gasteiger partial charge in [-0.3, -0.25) is 4.79 Å². The molecule has 4 rings (SSSR count). The molecule has 2 saturated heterocycles. The van der Waals surface area contributed by atoms with E-state index in [1.54, 1.807) is 27.4 Å². The van der Waals surface area contributed by atoms with Crippen LogP contribution in [0.15, 0.2) is 23.1 Å². The van der Waals surface area contributed by atoms with Gasteiger partial charge in [-0.05, 0) is 62.3 Å². The molecule has 0 N–H and O–H groups in total. The number of hydrogen-bond donors (Lipinski definition) is 0. The van der Waals surface area contributed by atoms with E-state index in [9.17, 15) is 21.6 Å². The summed E-state index contributed by atoms with van der Waals surface area (Å²) in [5, 5.41) is 0. The van der Waals surface area contributed by atoms with Crippen LogP contribution >= 0.6 is 0 Å². The Morgan fingerprint density at radius 1 is 0.969 bits per heavy atom. The van der Waals surface area contributed by atoms with Crippen molar-refractivity contribution in [2.75, 3.05) is 36.8 Å². The highest BCUT2D eigenvalue weighted by atomic mass is 32.2. The number of sulfonamides is 2. The highest BCUT2D eigenvalue weighted by Gasteiger charge is 2.40. The van der Waals surface area contributed by atoms with Gasteiger partial charge in [0.2, 0.25) is 26.0 Å². The van der Waals surface area contributed by atoms with Crippen molar-refractivity contribution in [2.24, 2.45) is 0 Å². The van der Waals surface area contributed by atoms with Crippen LogP contribution in [0.4, 0.5) is 5.69 Å². The lowest BCUT2D eigenvalue weighted by molar-refractivity contribution is -0.123. The second kappa shape index (κ2) is 9.40. The predicted molar refractivity (Wildman–Crippen MR) is 124 cm³/mol. The molecule has 0 bridgehead atoms. The number of nitrogens with zero attached hydrogens (tertiary/aromatic N) is 3. The van der Waals surface area contributed by atoms with Gasteiger partial charge >= 0.3 is 0 Å². The third kappa shape index (κ3) is 4.47. The summed E-state index contributed by atoms with van der Waals surface area (Å²) < 4.78 is 54.5. The molecular formula is C22H33N3O5S2. The van der Waals surface area contributed by atoms with Gasteiger partial charge in [0.25, 0.3) is 0 Å². The molecule has 1 amide bonds. The number of amides is 1. The van der Waals surface area contributed by atoms with Gasteiger partial charge in [-0.1, -0.05) is 19.8 Å². The Bertz CT molecular complexity index is 1070. The lowest BCUT2D eigenvalue weighted by Gasteiger charge is -2.36. The van der Waals surface area contributed by atoms with Gasteiger partial charge in [0.15, 0.2) is 0 Å². The molecule has 0 radical (unpaired) electrons. The van der Waals surface area contributed by atoms with E-state index in [4.69, 9.17) is 0 Å². The summed E-state index contributed by atoms with van der Waals surface area (Å²) in [6, 6.07) is 4.31. The lowest BCUT2D eigenvalue weighted by Crippen LogP contribution is -2.53. The third-order valence-electron chi connectivity index (χ3n) is 6.72. The van der Waals surface area contributed by atoms with E-state index in [1.165, 1.54) is 4.31 Å². The van der Waals surface area contributed by atoms with Crippen molar-refractivity contribution in [1.29, 1.82) is 0 Å². The van der Waals surface area contributed by atoms with E-state index in [0.717, 1.165) is 37.7 Å². The van der Waals surface area contributed by atoms with Crippen LogP contribution in [0.2, 0.25) is 0 Å². The number of carbonyl (C=O) groups is 1. The first-order valence-electron chi connectivity index (χ1n) is 11.7. The third-order valence-corrected chi connectivity index (χ3v) is 10.7. The largest absolute Gasteiger partial charge is 0.310 e. The van der Waals surface area contributed by atoms with Crippen molar-refractivity contribution in [3.05, 3.63) is 23.8 Å². The number of rotatable bonds is 6. The molecule has 1 unspecified atom stereocenters. The summed E-state index contributed by atoms with van der Waals surface area (Å²) in [7, 11) is -7.01. The SMILES string of the molecule is CCCS(=O)(=O)N1CCCCC1C(=O)N1CCc2cc(S(=O)(=O)N3CCCCC3)ccc21. The van der Waals surface area contributed by atoms with Crippen molar-refractivity contribution in [1.82, 2.24) is 8.61 Å². The van der Waals surface area contributed by atoms with Gasteiger partial charge in [-0.2, -0.15) is 8.61 Å². The fourth-order valence-electron chi connectivity index (χ4n) is 5.06. The van der Waals surface area contributed by atoms with Crippen LogP contribution in [0.3, 0.4) is 0 Å². The van der Waals surface area contributed by atoms with Crippen molar-refractivity contribution < 1.29 is 21.6 Å². The number of benzene rings is 1. The summed E-state index contributed by atoms with van der Waals surface area (Å²) in [4.78, 5) is 15.4. The van der Waals surface area contributed by atoms with Gasteiger partial charge in [0.1, 0.15) is 6.04 Å². The Balaban J connectivity index is 1.57. The zero-order valence-corrected chi connectivity index (χ0v) is 20.3. The van der Waals surface area contributed by atoms with E-state index in [1.807, 2.05) is 6.92 Å². The normalized spacial score (nSPS) is 23.3. The summed E-state index contributed by atoms with van der Waals surface area (Å²) in [6.45, 7) is 3.75. The van der Waals surface area contributed by atoms with Gasteiger partial charge in [-0.25, -0.2) is 16.8 Å². The molecular weight excluding hydrogens is 450 g/mol. The van der Waals surface area contributed by atoms with Crippen LogP contribution in [0.25, 0.3) is 0 Å². The van der Waals surface area contributed by atoms with Crippen LogP contribution in [0.5, 0.6) is 0 Å². The molecule has 8 nitrogen and oxygen atoms in total. The molecule has 10 heteroatoms. The maximum Gasteiger partial charge on any atom is 0.245 e. The Kier molecular flexibility index (Phi) is 6.95. The number of anilines is 1. The smallest absolute Gasteiger partial charge is 0.245 e. The molecule has 0 aromatic heterocycles.